The molecule has 0 unspecified atom stereocenters. The minimum absolute atomic E-state index is 0.362. The second kappa shape index (κ2) is 10.6. The molecule has 2 heteroatoms. The maximum Gasteiger partial charge on any atom is 0.0725 e. The fraction of sp³-hybridized carbons (Fsp3) is 0.0196. The Bertz CT molecular complexity index is 3060. The van der Waals surface area contributed by atoms with E-state index in [0.29, 0.717) is 0 Å². The fourth-order valence-corrected chi connectivity index (χ4v) is 9.86. The topological polar surface area (TPSA) is 9.86 Å². The lowest BCUT2D eigenvalue weighted by Crippen LogP contribution is -2.25. The maximum absolute atomic E-state index is 2.48. The van der Waals surface area contributed by atoms with E-state index < -0.39 is 0 Å². The highest BCUT2D eigenvalue weighted by Gasteiger charge is 2.51. The Labute approximate surface area is 307 Å². The van der Waals surface area contributed by atoms with Crippen LogP contribution in [0, 0.1) is 0 Å². The highest BCUT2D eigenvalue weighted by atomic mass is 15.0. The van der Waals surface area contributed by atoms with Gasteiger partial charge in [-0.2, -0.15) is 0 Å². The summed E-state index contributed by atoms with van der Waals surface area (Å²) in [4.78, 5) is 0. The standard InChI is InChI=1S/C51H32N2/c1-2-14-36(15-3-1)52-30-29-33-26-28-48-49(50(33)52)42-20-7-11-24-47(42)53(48)37-16-12-13-34(31-37)35-25-27-41-40-19-6-10-23-45(40)51(46(41)32-35)43-21-8-4-17-38(43)39-18-5-9-22-44(39)51/h1-32H. The molecular weight excluding hydrogens is 641 g/mol. The molecule has 0 aliphatic heterocycles. The van der Waals surface area contributed by atoms with E-state index in [1.807, 2.05) is 0 Å². The van der Waals surface area contributed by atoms with E-state index in [9.17, 15) is 0 Å². The number of para-hydroxylation sites is 2. The second-order valence-corrected chi connectivity index (χ2v) is 14.5. The normalized spacial score (nSPS) is 13.4. The molecule has 53 heavy (non-hydrogen) atoms. The molecule has 2 aliphatic carbocycles. The van der Waals surface area contributed by atoms with Crippen LogP contribution in [0.4, 0.5) is 0 Å². The molecule has 2 aliphatic rings. The van der Waals surface area contributed by atoms with Gasteiger partial charge in [0.05, 0.1) is 22.0 Å². The van der Waals surface area contributed by atoms with Crippen molar-refractivity contribution in [2.24, 2.45) is 0 Å². The summed E-state index contributed by atoms with van der Waals surface area (Å²) in [5.41, 5.74) is 18.8. The first kappa shape index (κ1) is 28.8. The maximum atomic E-state index is 2.48. The predicted octanol–water partition coefficient (Wildman–Crippen LogP) is 12.7. The largest absolute Gasteiger partial charge is 0.316 e. The van der Waals surface area contributed by atoms with Crippen molar-refractivity contribution < 1.29 is 0 Å². The van der Waals surface area contributed by atoms with Crippen molar-refractivity contribution in [3.63, 3.8) is 0 Å². The monoisotopic (exact) mass is 672 g/mol. The smallest absolute Gasteiger partial charge is 0.0725 e. The first-order valence-corrected chi connectivity index (χ1v) is 18.4. The fourth-order valence-electron chi connectivity index (χ4n) is 9.86. The number of hydrogen-bond donors (Lipinski definition) is 0. The molecule has 0 N–H and O–H groups in total. The van der Waals surface area contributed by atoms with E-state index in [-0.39, 0.29) is 5.41 Å². The number of rotatable bonds is 3. The summed E-state index contributed by atoms with van der Waals surface area (Å²) in [6.45, 7) is 0. The third-order valence-electron chi connectivity index (χ3n) is 12.0. The van der Waals surface area contributed by atoms with Gasteiger partial charge in [0.15, 0.2) is 0 Å². The lowest BCUT2D eigenvalue weighted by Gasteiger charge is -2.30. The lowest BCUT2D eigenvalue weighted by molar-refractivity contribution is 0.794. The van der Waals surface area contributed by atoms with E-state index in [1.54, 1.807) is 0 Å². The molecule has 246 valence electrons. The summed E-state index contributed by atoms with van der Waals surface area (Å²) in [5, 5.41) is 3.76. The minimum atomic E-state index is -0.362. The van der Waals surface area contributed by atoms with Gasteiger partial charge in [0, 0.05) is 33.7 Å². The highest BCUT2D eigenvalue weighted by molar-refractivity contribution is 6.20. The molecule has 0 atom stereocenters. The average molecular weight is 673 g/mol. The van der Waals surface area contributed by atoms with Crippen LogP contribution in [0.1, 0.15) is 22.3 Å². The van der Waals surface area contributed by atoms with Crippen LogP contribution in [0.25, 0.3) is 77.5 Å². The Morgan fingerprint density at radius 2 is 0.981 bits per heavy atom. The van der Waals surface area contributed by atoms with Gasteiger partial charge in [-0.1, -0.05) is 140 Å². The zero-order valence-corrected chi connectivity index (χ0v) is 28.9. The molecule has 2 aromatic heterocycles. The van der Waals surface area contributed by atoms with Crippen LogP contribution < -0.4 is 0 Å². The summed E-state index contributed by atoms with van der Waals surface area (Å²) >= 11 is 0. The molecule has 0 amide bonds. The first-order valence-electron chi connectivity index (χ1n) is 18.4. The van der Waals surface area contributed by atoms with Crippen molar-refractivity contribution in [1.82, 2.24) is 9.13 Å². The van der Waals surface area contributed by atoms with E-state index >= 15 is 0 Å². The van der Waals surface area contributed by atoms with Crippen molar-refractivity contribution in [2.45, 2.75) is 5.41 Å². The van der Waals surface area contributed by atoms with Gasteiger partial charge in [0.25, 0.3) is 0 Å². The van der Waals surface area contributed by atoms with Crippen molar-refractivity contribution in [1.29, 1.82) is 0 Å². The Morgan fingerprint density at radius 1 is 0.377 bits per heavy atom. The summed E-state index contributed by atoms with van der Waals surface area (Å²) in [6.07, 6.45) is 2.20. The summed E-state index contributed by atoms with van der Waals surface area (Å²) in [6, 6.07) is 69.7. The van der Waals surface area contributed by atoms with Crippen molar-refractivity contribution in [3.8, 4) is 44.8 Å². The van der Waals surface area contributed by atoms with Gasteiger partial charge in [-0.05, 0) is 104 Å². The molecule has 0 fully saturated rings. The van der Waals surface area contributed by atoms with E-state index in [1.165, 1.54) is 88.3 Å². The third kappa shape index (κ3) is 3.72. The van der Waals surface area contributed by atoms with Crippen molar-refractivity contribution in [3.05, 3.63) is 217 Å². The van der Waals surface area contributed by atoms with Gasteiger partial charge in [-0.3, -0.25) is 0 Å². The lowest BCUT2D eigenvalue weighted by atomic mass is 9.70. The van der Waals surface area contributed by atoms with E-state index in [4.69, 9.17) is 0 Å². The SMILES string of the molecule is c1ccc(-n2ccc3ccc4c(c5ccccc5n4-c4cccc(-c5ccc6c(c5)C5(c7ccccc7-c7ccccc75)c5ccccc5-6)c4)c32)cc1. The Morgan fingerprint density at radius 3 is 1.72 bits per heavy atom. The zero-order valence-electron chi connectivity index (χ0n) is 28.9. The average Bonchev–Trinajstić information content (AvgIpc) is 3.97. The molecule has 10 aromatic rings. The van der Waals surface area contributed by atoms with Crippen LogP contribution >= 0.6 is 0 Å². The highest BCUT2D eigenvalue weighted by Crippen LogP contribution is 2.63. The van der Waals surface area contributed by atoms with Crippen LogP contribution in [0.5, 0.6) is 0 Å². The van der Waals surface area contributed by atoms with Gasteiger partial charge in [-0.15, -0.1) is 0 Å². The quantitative estimate of drug-likeness (QED) is 0.177. The molecule has 12 rings (SSSR count). The van der Waals surface area contributed by atoms with Crippen LogP contribution in [0.15, 0.2) is 194 Å². The summed E-state index contributed by atoms with van der Waals surface area (Å²) in [5.74, 6) is 0. The Hall–Kier alpha value is -6.90. The number of fused-ring (bicyclic) bond motifs is 15. The first-order chi connectivity index (χ1) is 26.3. The molecule has 0 saturated carbocycles. The molecule has 2 heterocycles. The van der Waals surface area contributed by atoms with Gasteiger partial charge in [0.2, 0.25) is 0 Å². The Kier molecular flexibility index (Phi) is 5.73. The molecule has 2 nitrogen and oxygen atoms in total. The van der Waals surface area contributed by atoms with Crippen LogP contribution in [-0.2, 0) is 5.41 Å². The van der Waals surface area contributed by atoms with Crippen molar-refractivity contribution in [2.75, 3.05) is 0 Å². The molecule has 8 aromatic carbocycles. The summed E-state index contributed by atoms with van der Waals surface area (Å²) in [7, 11) is 0. The van der Waals surface area contributed by atoms with Gasteiger partial charge >= 0.3 is 0 Å². The van der Waals surface area contributed by atoms with Crippen molar-refractivity contribution >= 4 is 32.7 Å². The van der Waals surface area contributed by atoms with Gasteiger partial charge in [0.1, 0.15) is 0 Å². The molecule has 0 bridgehead atoms. The summed E-state index contributed by atoms with van der Waals surface area (Å²) < 4.78 is 4.78. The molecule has 1 spiro atoms. The number of aromatic nitrogens is 2. The van der Waals surface area contributed by atoms with E-state index in [2.05, 4.69) is 203 Å². The van der Waals surface area contributed by atoms with Crippen LogP contribution in [-0.4, -0.2) is 9.13 Å². The Balaban J connectivity index is 1.08. The van der Waals surface area contributed by atoms with Gasteiger partial charge in [-0.25, -0.2) is 0 Å². The van der Waals surface area contributed by atoms with Crippen LogP contribution in [0.2, 0.25) is 0 Å². The van der Waals surface area contributed by atoms with Crippen LogP contribution in [0.3, 0.4) is 0 Å². The second-order valence-electron chi connectivity index (χ2n) is 14.5. The number of nitrogens with zero attached hydrogens (tertiary/aromatic N) is 2. The zero-order chi connectivity index (χ0) is 34.7. The molecule has 0 saturated heterocycles. The van der Waals surface area contributed by atoms with E-state index in [0.717, 1.165) is 11.4 Å². The number of hydrogen-bond acceptors (Lipinski definition) is 0. The minimum Gasteiger partial charge on any atom is -0.316 e. The molecular formula is C51H32N2. The number of benzene rings is 8. The molecule has 0 radical (unpaired) electrons. The third-order valence-corrected chi connectivity index (χ3v) is 12.0. The predicted molar refractivity (Wildman–Crippen MR) is 219 cm³/mol. The van der Waals surface area contributed by atoms with Gasteiger partial charge < -0.3 is 9.13 Å².